The molecule has 0 bridgehead atoms. The van der Waals surface area contributed by atoms with Gasteiger partial charge >= 0.3 is 12.4 Å². The summed E-state index contributed by atoms with van der Waals surface area (Å²) in [5, 5.41) is 11.4. The van der Waals surface area contributed by atoms with E-state index in [1.165, 1.54) is 24.3 Å². The summed E-state index contributed by atoms with van der Waals surface area (Å²) in [6.07, 6.45) is -9.21. The fourth-order valence-corrected chi connectivity index (χ4v) is 8.37. The highest BCUT2D eigenvalue weighted by Crippen LogP contribution is 2.46. The molecule has 0 aliphatic rings. The number of rotatable bonds is 7. The van der Waals surface area contributed by atoms with E-state index in [1.54, 1.807) is 6.07 Å². The van der Waals surface area contributed by atoms with E-state index >= 15 is 0 Å². The molecule has 0 amide bonds. The van der Waals surface area contributed by atoms with Gasteiger partial charge in [0.1, 0.15) is 0 Å². The zero-order chi connectivity index (χ0) is 44.9. The van der Waals surface area contributed by atoms with Gasteiger partial charge in [-0.25, -0.2) is 9.97 Å². The Bertz CT molecular complexity index is 3300. The Morgan fingerprint density at radius 3 is 1.48 bits per heavy atom. The molecule has 0 aliphatic carbocycles. The van der Waals surface area contributed by atoms with Crippen LogP contribution in [0, 0.1) is 11.3 Å². The first-order valence-corrected chi connectivity index (χ1v) is 20.5. The number of nitriles is 1. The van der Waals surface area contributed by atoms with E-state index in [9.17, 15) is 31.6 Å². The first-order chi connectivity index (χ1) is 31.4. The molecule has 65 heavy (non-hydrogen) atoms. The van der Waals surface area contributed by atoms with Gasteiger partial charge in [0, 0.05) is 38.6 Å². The first kappa shape index (κ1) is 40.8. The second-order valence-electron chi connectivity index (χ2n) is 15.5. The zero-order valence-electron chi connectivity index (χ0n) is 34.0. The highest BCUT2D eigenvalue weighted by molar-refractivity contribution is 6.12. The summed E-state index contributed by atoms with van der Waals surface area (Å²) in [5.41, 5.74) is 7.62. The molecule has 0 radical (unpaired) electrons. The summed E-state index contributed by atoms with van der Waals surface area (Å²) in [6.45, 7) is 0. The summed E-state index contributed by atoms with van der Waals surface area (Å²) in [5.74, 6) is 0.427. The molecule has 0 aliphatic heterocycles. The fraction of sp³-hybridized carbons (Fsp3) is 0.0364. The summed E-state index contributed by atoms with van der Waals surface area (Å²) >= 11 is 0. The van der Waals surface area contributed by atoms with Crippen molar-refractivity contribution in [2.45, 2.75) is 12.4 Å². The Morgan fingerprint density at radius 2 is 0.892 bits per heavy atom. The molecule has 10 aromatic rings. The van der Waals surface area contributed by atoms with Crippen molar-refractivity contribution < 1.29 is 26.3 Å². The molecular weight excluding hydrogens is 831 g/mol. The molecule has 4 nitrogen and oxygen atoms in total. The van der Waals surface area contributed by atoms with Crippen molar-refractivity contribution in [3.8, 4) is 79.0 Å². The minimum Gasteiger partial charge on any atom is -0.308 e. The van der Waals surface area contributed by atoms with Gasteiger partial charge in [0.2, 0.25) is 0 Å². The standard InChI is InChI=1S/C55H32F6N4/c56-54(57,58)42-23-18-35(19-24-42)45-30-41(49-32-48(37-11-3-1-4-12-37)63-53(64-49)38-13-5-2-6-14-38)31-46(36-20-25-43(26-21-36)55(59,60)61)52(45)65-50-17-8-7-16-44(50)47-29-40(22-27-51(47)65)39-15-9-10-34(28-39)33-62/h1-32H. The van der Waals surface area contributed by atoms with Crippen molar-refractivity contribution in [1.29, 1.82) is 5.26 Å². The SMILES string of the molecule is N#Cc1cccc(-c2ccc3c(c2)c2ccccc2n3-c2c(-c3ccc(C(F)(F)F)cc3)cc(-c3cc(-c4ccccc4)nc(-c4ccccc4)n3)cc2-c2ccc(C(F)(F)F)cc2)c1. The van der Waals surface area contributed by atoms with Gasteiger partial charge in [-0.15, -0.1) is 0 Å². The summed E-state index contributed by atoms with van der Waals surface area (Å²) in [4.78, 5) is 10.0. The molecule has 8 aromatic carbocycles. The molecule has 0 atom stereocenters. The summed E-state index contributed by atoms with van der Waals surface area (Å²) in [6, 6.07) is 57.5. The molecule has 0 saturated carbocycles. The van der Waals surface area contributed by atoms with Crippen LogP contribution in [0.1, 0.15) is 16.7 Å². The van der Waals surface area contributed by atoms with Gasteiger partial charge in [-0.1, -0.05) is 121 Å². The zero-order valence-corrected chi connectivity index (χ0v) is 34.0. The third-order valence-corrected chi connectivity index (χ3v) is 11.5. The first-order valence-electron chi connectivity index (χ1n) is 20.5. The van der Waals surface area contributed by atoms with Crippen LogP contribution in [0.15, 0.2) is 194 Å². The van der Waals surface area contributed by atoms with Crippen molar-refractivity contribution in [1.82, 2.24) is 14.5 Å². The number of hydrogen-bond donors (Lipinski definition) is 0. The number of halogens is 6. The Hall–Kier alpha value is -8.29. The molecule has 0 unspecified atom stereocenters. The Kier molecular flexibility index (Phi) is 10.1. The average Bonchev–Trinajstić information content (AvgIpc) is 3.67. The summed E-state index contributed by atoms with van der Waals surface area (Å²) < 4.78 is 86.6. The van der Waals surface area contributed by atoms with Crippen LogP contribution in [0.5, 0.6) is 0 Å². The van der Waals surface area contributed by atoms with Gasteiger partial charge in [0.05, 0.1) is 50.9 Å². The topological polar surface area (TPSA) is 54.5 Å². The maximum Gasteiger partial charge on any atom is 0.416 e. The smallest absolute Gasteiger partial charge is 0.308 e. The Balaban J connectivity index is 1.31. The van der Waals surface area contributed by atoms with Crippen LogP contribution < -0.4 is 0 Å². The number of hydrogen-bond acceptors (Lipinski definition) is 3. The van der Waals surface area contributed by atoms with E-state index in [4.69, 9.17) is 9.97 Å². The van der Waals surface area contributed by atoms with Gasteiger partial charge in [-0.2, -0.15) is 31.6 Å². The second kappa shape index (κ2) is 16.1. The molecule has 0 spiro atoms. The quantitative estimate of drug-likeness (QED) is 0.150. The van der Waals surface area contributed by atoms with E-state index < -0.39 is 23.5 Å². The monoisotopic (exact) mass is 862 g/mol. The van der Waals surface area contributed by atoms with Crippen LogP contribution in [-0.4, -0.2) is 14.5 Å². The van der Waals surface area contributed by atoms with Gasteiger partial charge in [-0.05, 0) is 95.1 Å². The van der Waals surface area contributed by atoms with Crippen LogP contribution >= 0.6 is 0 Å². The van der Waals surface area contributed by atoms with Gasteiger partial charge < -0.3 is 4.57 Å². The molecule has 0 fully saturated rings. The van der Waals surface area contributed by atoms with Crippen molar-refractivity contribution in [2.75, 3.05) is 0 Å². The van der Waals surface area contributed by atoms with Crippen LogP contribution in [0.3, 0.4) is 0 Å². The van der Waals surface area contributed by atoms with Crippen LogP contribution in [0.2, 0.25) is 0 Å². The minimum absolute atomic E-state index is 0.427. The van der Waals surface area contributed by atoms with Crippen LogP contribution in [-0.2, 0) is 12.4 Å². The van der Waals surface area contributed by atoms with Crippen molar-refractivity contribution in [3.63, 3.8) is 0 Å². The van der Waals surface area contributed by atoms with Crippen LogP contribution in [0.25, 0.3) is 94.8 Å². The molecule has 0 saturated heterocycles. The van der Waals surface area contributed by atoms with E-state index in [0.29, 0.717) is 56.3 Å². The van der Waals surface area contributed by atoms with E-state index in [1.807, 2.05) is 144 Å². The summed E-state index contributed by atoms with van der Waals surface area (Å²) in [7, 11) is 0. The third-order valence-electron chi connectivity index (χ3n) is 11.5. The van der Waals surface area contributed by atoms with Gasteiger partial charge in [0.25, 0.3) is 0 Å². The lowest BCUT2D eigenvalue weighted by molar-refractivity contribution is -0.138. The number of para-hydroxylation sites is 1. The van der Waals surface area contributed by atoms with Gasteiger partial charge in [0.15, 0.2) is 5.82 Å². The lowest BCUT2D eigenvalue weighted by Crippen LogP contribution is -2.06. The van der Waals surface area contributed by atoms with Crippen molar-refractivity contribution in [3.05, 3.63) is 211 Å². The van der Waals surface area contributed by atoms with E-state index in [2.05, 4.69) is 6.07 Å². The predicted octanol–water partition coefficient (Wildman–Crippen LogP) is 15.5. The average molecular weight is 863 g/mol. The molecule has 2 aromatic heterocycles. The fourth-order valence-electron chi connectivity index (χ4n) is 8.37. The molecule has 314 valence electrons. The lowest BCUT2D eigenvalue weighted by Gasteiger charge is -2.22. The number of benzene rings is 8. The normalized spacial score (nSPS) is 11.8. The highest BCUT2D eigenvalue weighted by atomic mass is 19.4. The predicted molar refractivity (Wildman–Crippen MR) is 244 cm³/mol. The Labute approximate surface area is 369 Å². The van der Waals surface area contributed by atoms with E-state index in [-0.39, 0.29) is 0 Å². The molecule has 10 rings (SSSR count). The highest BCUT2D eigenvalue weighted by Gasteiger charge is 2.32. The number of fused-ring (bicyclic) bond motifs is 3. The second-order valence-corrected chi connectivity index (χ2v) is 15.5. The maximum atomic E-state index is 14.1. The molecule has 2 heterocycles. The number of nitrogens with zero attached hydrogens (tertiary/aromatic N) is 4. The number of alkyl halides is 6. The van der Waals surface area contributed by atoms with Crippen molar-refractivity contribution in [2.24, 2.45) is 0 Å². The molecule has 10 heteroatoms. The molecular formula is C55H32F6N4. The lowest BCUT2D eigenvalue weighted by atomic mass is 9.90. The maximum absolute atomic E-state index is 14.1. The molecule has 0 N–H and O–H groups in total. The minimum atomic E-state index is -4.60. The third kappa shape index (κ3) is 7.78. The van der Waals surface area contributed by atoms with E-state index in [0.717, 1.165) is 68.3 Å². The Morgan fingerprint density at radius 1 is 0.400 bits per heavy atom. The largest absolute Gasteiger partial charge is 0.416 e. The van der Waals surface area contributed by atoms with Crippen molar-refractivity contribution >= 4 is 21.8 Å². The van der Waals surface area contributed by atoms with Crippen LogP contribution in [0.4, 0.5) is 26.3 Å². The number of aromatic nitrogens is 3. The van der Waals surface area contributed by atoms with Gasteiger partial charge in [-0.3, -0.25) is 0 Å².